The minimum absolute atomic E-state index is 0.133. The SMILES string of the molecule is COc1cccc2c1CC(F)(F)[C@H]2Nc1nccc2cc(-c3c(C(N)=O)c(CC(C)C)nc(C[C@@H]4CCc5cc(Cl)ccc54)c3-c3nnc(C)o3)sc12. The molecule has 0 spiro atoms. The summed E-state index contributed by atoms with van der Waals surface area (Å²) in [5.74, 6) is -2.15. The molecule has 3 N–H and O–H groups in total. The maximum Gasteiger partial charge on any atom is 0.276 e. The Bertz CT molecular complexity index is 2410. The molecule has 0 saturated heterocycles. The van der Waals surface area contributed by atoms with Gasteiger partial charge in [0.1, 0.15) is 17.6 Å². The molecule has 0 aliphatic heterocycles. The number of aromatic nitrogens is 4. The molecule has 13 heteroatoms. The molecule has 0 bridgehead atoms. The minimum Gasteiger partial charge on any atom is -0.496 e. The molecular formula is C40H37ClF2N6O3S. The standard InChI is InChI=1S/C40H37ClF2N6O3S/c1-19(2)14-28-32(37(44)50)34(33(39-49-48-20(3)52-39)29(46-28)16-22-9-8-21-15-24(41)10-11-25(21)22)31-17-23-12-13-45-38(35(23)53-31)47-36-26-6-5-7-30(51-4)27(26)18-40(36,42)43/h5-7,10-13,15,17,19,22,36H,8-9,14,16,18H2,1-4H3,(H2,44,50)(H,45,47)/t22-,36-/m0/s1. The van der Waals surface area contributed by atoms with Crippen LogP contribution in [-0.4, -0.2) is 39.1 Å². The normalized spacial score (nSPS) is 17.4. The molecule has 6 aromatic rings. The topological polar surface area (TPSA) is 129 Å². The van der Waals surface area contributed by atoms with Crippen LogP contribution >= 0.6 is 22.9 Å². The van der Waals surface area contributed by atoms with Crippen LogP contribution in [0.5, 0.6) is 5.75 Å². The molecule has 53 heavy (non-hydrogen) atoms. The fourth-order valence-corrected chi connectivity index (χ4v) is 9.30. The Morgan fingerprint density at radius 1 is 1.13 bits per heavy atom. The minimum atomic E-state index is -3.10. The van der Waals surface area contributed by atoms with Crippen LogP contribution in [0.25, 0.3) is 32.0 Å². The molecule has 4 aromatic heterocycles. The molecule has 8 rings (SSSR count). The number of anilines is 1. The van der Waals surface area contributed by atoms with E-state index in [9.17, 15) is 4.79 Å². The second kappa shape index (κ2) is 13.5. The molecule has 2 aromatic carbocycles. The van der Waals surface area contributed by atoms with Crippen molar-refractivity contribution in [3.63, 3.8) is 0 Å². The van der Waals surface area contributed by atoms with Gasteiger partial charge in [-0.05, 0) is 89.9 Å². The van der Waals surface area contributed by atoms with Crippen LogP contribution in [0.4, 0.5) is 14.6 Å². The molecule has 4 heterocycles. The predicted molar refractivity (Wildman–Crippen MR) is 202 cm³/mol. The summed E-state index contributed by atoms with van der Waals surface area (Å²) in [5.41, 5.74) is 12.2. The Morgan fingerprint density at radius 3 is 2.70 bits per heavy atom. The summed E-state index contributed by atoms with van der Waals surface area (Å²) in [6.45, 7) is 5.83. The summed E-state index contributed by atoms with van der Waals surface area (Å²) < 4.78 is 43.6. The van der Waals surface area contributed by atoms with Gasteiger partial charge in [-0.3, -0.25) is 9.78 Å². The molecule has 0 fully saturated rings. The zero-order valence-electron chi connectivity index (χ0n) is 29.6. The lowest BCUT2D eigenvalue weighted by atomic mass is 9.88. The van der Waals surface area contributed by atoms with E-state index in [1.165, 1.54) is 29.6 Å². The Morgan fingerprint density at radius 2 is 1.96 bits per heavy atom. The molecule has 2 atom stereocenters. The van der Waals surface area contributed by atoms with E-state index in [1.807, 2.05) is 24.3 Å². The van der Waals surface area contributed by atoms with Gasteiger partial charge in [-0.15, -0.1) is 21.5 Å². The lowest BCUT2D eigenvalue weighted by molar-refractivity contribution is -0.00734. The number of hydrogen-bond acceptors (Lipinski definition) is 9. The third kappa shape index (κ3) is 6.31. The number of hydrogen-bond donors (Lipinski definition) is 2. The van der Waals surface area contributed by atoms with Crippen LogP contribution in [0.15, 0.2) is 59.1 Å². The lowest BCUT2D eigenvalue weighted by Gasteiger charge is -2.22. The number of pyridine rings is 2. The van der Waals surface area contributed by atoms with Gasteiger partial charge in [0.2, 0.25) is 11.8 Å². The predicted octanol–water partition coefficient (Wildman–Crippen LogP) is 9.29. The van der Waals surface area contributed by atoms with E-state index in [0.29, 0.717) is 78.5 Å². The van der Waals surface area contributed by atoms with Crippen LogP contribution in [0.2, 0.25) is 5.02 Å². The largest absolute Gasteiger partial charge is 0.496 e. The monoisotopic (exact) mass is 754 g/mol. The van der Waals surface area contributed by atoms with Crippen molar-refractivity contribution < 1.29 is 22.7 Å². The van der Waals surface area contributed by atoms with Crippen molar-refractivity contribution in [3.8, 4) is 27.6 Å². The summed E-state index contributed by atoms with van der Waals surface area (Å²) in [4.78, 5) is 24.0. The lowest BCUT2D eigenvalue weighted by Crippen LogP contribution is -2.28. The molecule has 1 amide bonds. The van der Waals surface area contributed by atoms with E-state index >= 15 is 8.78 Å². The number of carbonyl (C=O) groups excluding carboxylic acids is 1. The number of thiophene rings is 1. The molecule has 0 radical (unpaired) electrons. The molecule has 9 nitrogen and oxygen atoms in total. The first-order valence-corrected chi connectivity index (χ1v) is 18.7. The third-order valence-electron chi connectivity index (χ3n) is 10.2. The van der Waals surface area contributed by atoms with Crippen LogP contribution in [0.1, 0.15) is 82.1 Å². The first-order valence-electron chi connectivity index (χ1n) is 17.5. The molecular weight excluding hydrogens is 718 g/mol. The van der Waals surface area contributed by atoms with Gasteiger partial charge in [-0.2, -0.15) is 0 Å². The number of nitrogens with one attached hydrogen (secondary N) is 1. The van der Waals surface area contributed by atoms with E-state index in [4.69, 9.17) is 31.5 Å². The molecule has 0 saturated carbocycles. The zero-order chi connectivity index (χ0) is 37.2. The van der Waals surface area contributed by atoms with Gasteiger partial charge in [-0.1, -0.05) is 43.6 Å². The highest BCUT2D eigenvalue weighted by molar-refractivity contribution is 7.23. The van der Waals surface area contributed by atoms with Crippen LogP contribution in [0.3, 0.4) is 0 Å². The van der Waals surface area contributed by atoms with Crippen LogP contribution in [-0.2, 0) is 25.7 Å². The number of amides is 1. The Kier molecular flexibility index (Phi) is 8.93. The number of nitrogens with zero attached hydrogens (tertiary/aromatic N) is 4. The number of nitrogens with two attached hydrogens (primary N) is 1. The number of primary amides is 1. The number of benzene rings is 2. The highest BCUT2D eigenvalue weighted by Gasteiger charge is 2.49. The molecule has 0 unspecified atom stereocenters. The van der Waals surface area contributed by atoms with Crippen LogP contribution < -0.4 is 15.8 Å². The number of methoxy groups -OCH3 is 1. The summed E-state index contributed by atoms with van der Waals surface area (Å²) in [6.07, 6.45) is 3.96. The second-order valence-electron chi connectivity index (χ2n) is 14.2. The van der Waals surface area contributed by atoms with E-state index in [2.05, 4.69) is 40.4 Å². The maximum absolute atomic E-state index is 15.7. The average Bonchev–Trinajstić information content (AvgIpc) is 3.89. The van der Waals surface area contributed by atoms with Crippen molar-refractivity contribution >= 4 is 44.7 Å². The van der Waals surface area contributed by atoms with Gasteiger partial charge < -0.3 is 20.2 Å². The van der Waals surface area contributed by atoms with Gasteiger partial charge >= 0.3 is 0 Å². The summed E-state index contributed by atoms with van der Waals surface area (Å²) in [6, 6.07) is 13.5. The summed E-state index contributed by atoms with van der Waals surface area (Å²) in [7, 11) is 1.48. The average molecular weight is 755 g/mol. The van der Waals surface area contributed by atoms with Crippen molar-refractivity contribution in [3.05, 3.63) is 105 Å². The van der Waals surface area contributed by atoms with Gasteiger partial charge in [0.25, 0.3) is 11.8 Å². The Balaban J connectivity index is 1.32. The Hall–Kier alpha value is -4.94. The van der Waals surface area contributed by atoms with Gasteiger partial charge in [0.15, 0.2) is 0 Å². The highest BCUT2D eigenvalue weighted by atomic mass is 35.5. The van der Waals surface area contributed by atoms with Crippen molar-refractivity contribution in [2.75, 3.05) is 12.4 Å². The number of alkyl halides is 2. The first kappa shape index (κ1) is 35.1. The highest BCUT2D eigenvalue weighted by Crippen LogP contribution is 2.50. The zero-order valence-corrected chi connectivity index (χ0v) is 31.2. The van der Waals surface area contributed by atoms with Gasteiger partial charge in [0.05, 0.1) is 34.3 Å². The number of rotatable bonds is 10. The second-order valence-corrected chi connectivity index (χ2v) is 15.7. The quantitative estimate of drug-likeness (QED) is 0.142. The number of carbonyl (C=O) groups is 1. The summed E-state index contributed by atoms with van der Waals surface area (Å²) in [5, 5.41) is 13.1. The molecule has 272 valence electrons. The van der Waals surface area contributed by atoms with Gasteiger partial charge in [0, 0.05) is 40.6 Å². The maximum atomic E-state index is 15.7. The van der Waals surface area contributed by atoms with Gasteiger partial charge in [-0.25, -0.2) is 13.8 Å². The van der Waals surface area contributed by atoms with Crippen molar-refractivity contribution in [2.45, 2.75) is 70.8 Å². The fraction of sp³-hybridized carbons (Fsp3) is 0.325. The van der Waals surface area contributed by atoms with Crippen LogP contribution in [0, 0.1) is 12.8 Å². The van der Waals surface area contributed by atoms with E-state index in [0.717, 1.165) is 18.2 Å². The number of halogens is 3. The first-order chi connectivity index (χ1) is 25.4. The Labute approximate surface area is 314 Å². The van der Waals surface area contributed by atoms with Crippen molar-refractivity contribution in [1.82, 2.24) is 20.2 Å². The van der Waals surface area contributed by atoms with E-state index in [1.54, 1.807) is 31.3 Å². The molecule has 2 aliphatic carbocycles. The van der Waals surface area contributed by atoms with Crippen molar-refractivity contribution in [1.29, 1.82) is 0 Å². The summed E-state index contributed by atoms with van der Waals surface area (Å²) >= 11 is 7.68. The van der Waals surface area contributed by atoms with Crippen molar-refractivity contribution in [2.24, 2.45) is 11.7 Å². The number of aryl methyl sites for hydroxylation is 2. The van der Waals surface area contributed by atoms with E-state index in [-0.39, 0.29) is 23.3 Å². The van der Waals surface area contributed by atoms with E-state index < -0.39 is 24.3 Å². The third-order valence-corrected chi connectivity index (χ3v) is 11.6. The smallest absolute Gasteiger partial charge is 0.276 e. The number of ether oxygens (including phenoxy) is 1. The molecule has 2 aliphatic rings. The fourth-order valence-electron chi connectivity index (χ4n) is 7.94. The number of fused-ring (bicyclic) bond motifs is 3.